The average Bonchev–Trinajstić information content (AvgIpc) is 2.71. The molecule has 0 N–H and O–H groups in total. The summed E-state index contributed by atoms with van der Waals surface area (Å²) in [6.07, 6.45) is 1.64. The van der Waals surface area contributed by atoms with Crippen molar-refractivity contribution in [3.63, 3.8) is 0 Å². The molecule has 0 unspecified atom stereocenters. The molecular weight excluding hydrogens is 328 g/mol. The Hall–Kier alpha value is -3.15. The second kappa shape index (κ2) is 6.63. The molecule has 0 aliphatic carbocycles. The average molecular weight is 348 g/mol. The molecule has 3 heterocycles. The first-order valence-electron chi connectivity index (χ1n) is 8.69. The topological polar surface area (TPSA) is 58.4 Å². The van der Waals surface area contributed by atoms with Crippen LogP contribution in [0.3, 0.4) is 0 Å². The summed E-state index contributed by atoms with van der Waals surface area (Å²) in [6, 6.07) is 15.5. The Bertz CT molecular complexity index is 1010. The molecule has 26 heavy (non-hydrogen) atoms. The second-order valence-corrected chi connectivity index (χ2v) is 6.45. The van der Waals surface area contributed by atoms with E-state index in [1.165, 1.54) is 4.57 Å². The molecule has 1 amide bonds. The van der Waals surface area contributed by atoms with Gasteiger partial charge in [-0.1, -0.05) is 18.2 Å². The van der Waals surface area contributed by atoms with Crippen molar-refractivity contribution in [1.82, 2.24) is 14.5 Å². The van der Waals surface area contributed by atoms with Crippen LogP contribution in [0.2, 0.25) is 0 Å². The fourth-order valence-corrected chi connectivity index (χ4v) is 3.43. The van der Waals surface area contributed by atoms with Gasteiger partial charge in [0, 0.05) is 50.5 Å². The Labute approximate surface area is 151 Å². The van der Waals surface area contributed by atoms with Crippen molar-refractivity contribution in [1.29, 1.82) is 0 Å². The first-order valence-corrected chi connectivity index (χ1v) is 8.69. The Morgan fingerprint density at radius 3 is 2.46 bits per heavy atom. The highest BCUT2D eigenvalue weighted by Crippen LogP contribution is 2.17. The second-order valence-electron chi connectivity index (χ2n) is 6.45. The third-order valence-electron chi connectivity index (χ3n) is 4.89. The van der Waals surface area contributed by atoms with E-state index in [1.807, 2.05) is 24.3 Å². The number of aryl methyl sites for hydroxylation is 1. The summed E-state index contributed by atoms with van der Waals surface area (Å²) < 4.78 is 1.45. The molecule has 3 aromatic rings. The third kappa shape index (κ3) is 2.83. The molecule has 132 valence electrons. The lowest BCUT2D eigenvalue weighted by atomic mass is 10.1. The molecule has 6 nitrogen and oxygen atoms in total. The Balaban J connectivity index is 1.57. The van der Waals surface area contributed by atoms with Crippen LogP contribution in [0.1, 0.15) is 10.4 Å². The number of carbonyl (C=O) groups is 1. The molecule has 6 heteroatoms. The molecule has 2 aromatic heterocycles. The van der Waals surface area contributed by atoms with Crippen molar-refractivity contribution in [2.24, 2.45) is 7.05 Å². The molecule has 0 atom stereocenters. The zero-order valence-corrected chi connectivity index (χ0v) is 14.6. The molecule has 0 radical (unpaired) electrons. The molecule has 0 bridgehead atoms. The number of benzene rings is 1. The first-order chi connectivity index (χ1) is 12.6. The van der Waals surface area contributed by atoms with E-state index < -0.39 is 0 Å². The summed E-state index contributed by atoms with van der Waals surface area (Å²) >= 11 is 0. The van der Waals surface area contributed by atoms with Crippen LogP contribution in [0, 0.1) is 0 Å². The Kier molecular flexibility index (Phi) is 4.16. The van der Waals surface area contributed by atoms with E-state index in [4.69, 9.17) is 0 Å². The number of carbonyl (C=O) groups excluding carboxylic acids is 1. The van der Waals surface area contributed by atoms with Crippen LogP contribution in [-0.4, -0.2) is 46.5 Å². The molecule has 1 saturated heterocycles. The van der Waals surface area contributed by atoms with E-state index in [9.17, 15) is 9.59 Å². The van der Waals surface area contributed by atoms with Crippen LogP contribution < -0.4 is 10.5 Å². The molecule has 1 fully saturated rings. The molecule has 1 aromatic carbocycles. The van der Waals surface area contributed by atoms with Crippen LogP contribution in [-0.2, 0) is 7.05 Å². The summed E-state index contributed by atoms with van der Waals surface area (Å²) in [6.45, 7) is 2.71. The van der Waals surface area contributed by atoms with Gasteiger partial charge >= 0.3 is 0 Å². The minimum absolute atomic E-state index is 0.205. The molecule has 4 rings (SSSR count). The number of hydrogen-bond donors (Lipinski definition) is 0. The van der Waals surface area contributed by atoms with Crippen molar-refractivity contribution < 1.29 is 4.79 Å². The highest BCUT2D eigenvalue weighted by Gasteiger charge is 2.25. The van der Waals surface area contributed by atoms with Crippen LogP contribution in [0.15, 0.2) is 59.5 Å². The van der Waals surface area contributed by atoms with Crippen LogP contribution in [0.5, 0.6) is 0 Å². The number of nitrogens with zero attached hydrogens (tertiary/aromatic N) is 4. The lowest BCUT2D eigenvalue weighted by Crippen LogP contribution is -2.49. The van der Waals surface area contributed by atoms with Gasteiger partial charge in [0.15, 0.2) is 0 Å². The standard InChI is InChI=1S/C20H20N4O2/c1-22-18-15(6-5-9-21-18)14-17(19(22)25)20(26)24-12-10-23(11-13-24)16-7-3-2-4-8-16/h2-9,14H,10-13H2,1H3. The molecular formula is C20H20N4O2. The number of fused-ring (bicyclic) bond motifs is 1. The highest BCUT2D eigenvalue weighted by atomic mass is 16.2. The van der Waals surface area contributed by atoms with Crippen molar-refractivity contribution in [2.45, 2.75) is 0 Å². The molecule has 1 aliphatic heterocycles. The number of pyridine rings is 2. The SMILES string of the molecule is Cn1c(=O)c(C(=O)N2CCN(c3ccccc3)CC2)cc2cccnc21. The summed E-state index contributed by atoms with van der Waals surface area (Å²) in [5.41, 5.74) is 1.66. The lowest BCUT2D eigenvalue weighted by molar-refractivity contribution is 0.0744. The van der Waals surface area contributed by atoms with Crippen molar-refractivity contribution in [2.75, 3.05) is 31.1 Å². The summed E-state index contributed by atoms with van der Waals surface area (Å²) in [5.74, 6) is -0.205. The van der Waals surface area contributed by atoms with Crippen LogP contribution in [0.25, 0.3) is 11.0 Å². The largest absolute Gasteiger partial charge is 0.368 e. The van der Waals surface area contributed by atoms with Crippen LogP contribution in [0.4, 0.5) is 5.69 Å². The van der Waals surface area contributed by atoms with Gasteiger partial charge in [0.1, 0.15) is 11.2 Å². The van der Waals surface area contributed by atoms with Gasteiger partial charge in [0.05, 0.1) is 0 Å². The fraction of sp³-hybridized carbons (Fsp3) is 0.250. The van der Waals surface area contributed by atoms with Gasteiger partial charge in [0.25, 0.3) is 11.5 Å². The number of anilines is 1. The molecule has 0 spiro atoms. The summed E-state index contributed by atoms with van der Waals surface area (Å²) in [4.78, 5) is 33.8. The zero-order chi connectivity index (χ0) is 18.1. The van der Waals surface area contributed by atoms with Crippen LogP contribution >= 0.6 is 0 Å². The van der Waals surface area contributed by atoms with Gasteiger partial charge in [-0.25, -0.2) is 4.98 Å². The minimum atomic E-state index is -0.299. The van der Waals surface area contributed by atoms with E-state index in [1.54, 1.807) is 30.3 Å². The first kappa shape index (κ1) is 16.3. The molecule has 0 saturated carbocycles. The Morgan fingerprint density at radius 1 is 1.00 bits per heavy atom. The summed E-state index contributed by atoms with van der Waals surface area (Å²) in [7, 11) is 1.65. The lowest BCUT2D eigenvalue weighted by Gasteiger charge is -2.36. The Morgan fingerprint density at radius 2 is 1.73 bits per heavy atom. The van der Waals surface area contributed by atoms with E-state index >= 15 is 0 Å². The maximum Gasteiger partial charge on any atom is 0.264 e. The summed E-state index contributed by atoms with van der Waals surface area (Å²) in [5, 5.41) is 0.792. The van der Waals surface area contributed by atoms with Crippen molar-refractivity contribution in [3.8, 4) is 0 Å². The molecule has 1 aliphatic rings. The highest BCUT2D eigenvalue weighted by molar-refractivity contribution is 5.97. The monoisotopic (exact) mass is 348 g/mol. The van der Waals surface area contributed by atoms with Gasteiger partial charge < -0.3 is 9.80 Å². The fourth-order valence-electron chi connectivity index (χ4n) is 3.43. The maximum atomic E-state index is 12.9. The van der Waals surface area contributed by atoms with Gasteiger partial charge in [-0.2, -0.15) is 0 Å². The number of para-hydroxylation sites is 1. The number of rotatable bonds is 2. The minimum Gasteiger partial charge on any atom is -0.368 e. The number of amides is 1. The van der Waals surface area contributed by atoms with E-state index in [2.05, 4.69) is 22.0 Å². The number of aromatic nitrogens is 2. The van der Waals surface area contributed by atoms with E-state index in [0.717, 1.165) is 24.2 Å². The zero-order valence-electron chi connectivity index (χ0n) is 14.6. The maximum absolute atomic E-state index is 12.9. The smallest absolute Gasteiger partial charge is 0.264 e. The predicted octanol–water partition coefficient (Wildman–Crippen LogP) is 1.90. The third-order valence-corrected chi connectivity index (χ3v) is 4.89. The van der Waals surface area contributed by atoms with Crippen molar-refractivity contribution in [3.05, 3.63) is 70.6 Å². The van der Waals surface area contributed by atoms with Gasteiger partial charge in [-0.05, 0) is 30.3 Å². The van der Waals surface area contributed by atoms with Gasteiger partial charge in [-0.15, -0.1) is 0 Å². The van der Waals surface area contributed by atoms with Gasteiger partial charge in [-0.3, -0.25) is 14.2 Å². The number of hydrogen-bond acceptors (Lipinski definition) is 4. The predicted molar refractivity (Wildman–Crippen MR) is 102 cm³/mol. The normalized spacial score (nSPS) is 14.7. The van der Waals surface area contributed by atoms with Gasteiger partial charge in [0.2, 0.25) is 0 Å². The van der Waals surface area contributed by atoms with E-state index in [0.29, 0.717) is 18.7 Å². The quantitative estimate of drug-likeness (QED) is 0.710. The van der Waals surface area contributed by atoms with E-state index in [-0.39, 0.29) is 17.0 Å². The number of piperazine rings is 1. The van der Waals surface area contributed by atoms with Crippen molar-refractivity contribution >= 4 is 22.6 Å².